The Bertz CT molecular complexity index is 513. The summed E-state index contributed by atoms with van der Waals surface area (Å²) in [5.74, 6) is 0. The van der Waals surface area contributed by atoms with Crippen molar-refractivity contribution in [3.05, 3.63) is 48.5 Å². The van der Waals surface area contributed by atoms with Gasteiger partial charge in [-0.3, -0.25) is 0 Å². The molecule has 0 unspecified atom stereocenters. The lowest BCUT2D eigenvalue weighted by atomic mass is 10.2. The number of hydrogen-bond acceptors (Lipinski definition) is 0. The summed E-state index contributed by atoms with van der Waals surface area (Å²) >= 11 is 1.36. The fourth-order valence-corrected chi connectivity index (χ4v) is 2.94. The molecule has 2 aromatic carbocycles. The zero-order valence-electron chi connectivity index (χ0n) is 7.07. The zero-order chi connectivity index (χ0) is 8.67. The average molecular weight is 185 g/mol. The molecule has 0 N–H and O–H groups in total. The summed E-state index contributed by atoms with van der Waals surface area (Å²) in [6.45, 7) is 0. The molecule has 0 saturated heterocycles. The summed E-state index contributed by atoms with van der Waals surface area (Å²) in [5.41, 5.74) is 0. The van der Waals surface area contributed by atoms with Gasteiger partial charge < -0.3 is 0 Å². The Hall–Kier alpha value is -1.34. The van der Waals surface area contributed by atoms with E-state index in [0.717, 1.165) is 0 Å². The van der Waals surface area contributed by atoms with Gasteiger partial charge in [-0.2, -0.15) is 0 Å². The molecular formula is C12H9S+. The van der Waals surface area contributed by atoms with Gasteiger partial charge in [0.2, 0.25) is 0 Å². The molecule has 0 nitrogen and oxygen atoms in total. The molecule has 0 saturated carbocycles. The molecule has 1 aromatic heterocycles. The lowest BCUT2D eigenvalue weighted by Gasteiger charge is -1.83. The van der Waals surface area contributed by atoms with Crippen LogP contribution in [0, 0.1) is 0 Å². The summed E-state index contributed by atoms with van der Waals surface area (Å²) in [6, 6.07) is 17.2. The Kier molecular flexibility index (Phi) is 1.41. The van der Waals surface area contributed by atoms with Crippen LogP contribution in [0.15, 0.2) is 48.5 Å². The predicted octanol–water partition coefficient (Wildman–Crippen LogP) is 3.79. The first-order valence-corrected chi connectivity index (χ1v) is 5.25. The molecule has 62 valence electrons. The van der Waals surface area contributed by atoms with Gasteiger partial charge in [-0.05, 0) is 35.6 Å². The highest BCUT2D eigenvalue weighted by molar-refractivity contribution is 7.25. The Morgan fingerprint density at radius 2 is 1.08 bits per heavy atom. The van der Waals surface area contributed by atoms with E-state index in [4.69, 9.17) is 0 Å². The van der Waals surface area contributed by atoms with Gasteiger partial charge in [0.15, 0.2) is 9.40 Å². The van der Waals surface area contributed by atoms with Crippen LogP contribution in [0.1, 0.15) is 0 Å². The summed E-state index contributed by atoms with van der Waals surface area (Å²) in [4.78, 5) is 0. The van der Waals surface area contributed by atoms with Crippen molar-refractivity contribution in [2.45, 2.75) is 0 Å². The second-order valence-electron chi connectivity index (χ2n) is 3.15. The van der Waals surface area contributed by atoms with E-state index in [-0.39, 0.29) is 0 Å². The van der Waals surface area contributed by atoms with Crippen molar-refractivity contribution in [2.75, 3.05) is 0 Å². The minimum Gasteiger partial charge on any atom is -0.0612 e. The van der Waals surface area contributed by atoms with E-state index in [9.17, 15) is 0 Å². The van der Waals surface area contributed by atoms with Crippen molar-refractivity contribution in [3.8, 4) is 0 Å². The normalized spacial score (nSPS) is 11.1. The van der Waals surface area contributed by atoms with E-state index in [0.29, 0.717) is 0 Å². The fraction of sp³-hybridized carbons (Fsp3) is 0. The van der Waals surface area contributed by atoms with Crippen molar-refractivity contribution in [1.29, 1.82) is 0 Å². The molecule has 0 aliphatic heterocycles. The third-order valence-electron chi connectivity index (χ3n) is 2.34. The average Bonchev–Trinajstić information content (AvgIpc) is 2.56. The second kappa shape index (κ2) is 2.57. The van der Waals surface area contributed by atoms with Crippen molar-refractivity contribution >= 4 is 31.5 Å². The van der Waals surface area contributed by atoms with Crippen molar-refractivity contribution in [2.24, 2.45) is 0 Å². The standard InChI is InChI=1S/C12H8S/c1-3-7-11-9(5-1)10-6-2-4-8-12(10)13-11/h1-8H/p+1. The van der Waals surface area contributed by atoms with Crippen LogP contribution in [-0.2, 0) is 0 Å². The second-order valence-corrected chi connectivity index (χ2v) is 4.33. The lowest BCUT2D eigenvalue weighted by molar-refractivity contribution is 1.84. The van der Waals surface area contributed by atoms with Crippen LogP contribution in [0.3, 0.4) is 0 Å². The molecule has 1 heterocycles. The molecule has 0 atom stereocenters. The van der Waals surface area contributed by atoms with Gasteiger partial charge in [-0.25, -0.2) is 0 Å². The highest BCUT2D eigenvalue weighted by Crippen LogP contribution is 2.32. The van der Waals surface area contributed by atoms with Gasteiger partial charge in [0, 0.05) is 10.8 Å². The molecule has 3 rings (SSSR count). The molecule has 0 aliphatic carbocycles. The van der Waals surface area contributed by atoms with Gasteiger partial charge in [-0.15, -0.1) is 0 Å². The predicted molar refractivity (Wildman–Crippen MR) is 60.7 cm³/mol. The molecule has 0 aliphatic rings. The highest BCUT2D eigenvalue weighted by Gasteiger charge is 2.08. The SMILES string of the molecule is c1ccc2c(c1)[sH+]c1ccccc12. The van der Waals surface area contributed by atoms with Gasteiger partial charge in [0.1, 0.15) is 0 Å². The minimum atomic E-state index is 1.36. The maximum Gasteiger partial charge on any atom is 0.179 e. The first-order chi connectivity index (χ1) is 6.45. The summed E-state index contributed by atoms with van der Waals surface area (Å²) in [5, 5.41) is 2.81. The summed E-state index contributed by atoms with van der Waals surface area (Å²) in [7, 11) is 0. The smallest absolute Gasteiger partial charge is 0.0612 e. The van der Waals surface area contributed by atoms with E-state index >= 15 is 0 Å². The molecule has 13 heavy (non-hydrogen) atoms. The van der Waals surface area contributed by atoms with Crippen LogP contribution in [0.25, 0.3) is 20.2 Å². The number of rotatable bonds is 0. The largest absolute Gasteiger partial charge is 0.179 e. The van der Waals surface area contributed by atoms with Gasteiger partial charge in [0.25, 0.3) is 0 Å². The highest BCUT2D eigenvalue weighted by atomic mass is 32.1. The van der Waals surface area contributed by atoms with E-state index in [2.05, 4.69) is 48.5 Å². The van der Waals surface area contributed by atoms with Crippen molar-refractivity contribution < 1.29 is 0 Å². The first kappa shape index (κ1) is 7.10. The Labute approximate surface area is 80.4 Å². The van der Waals surface area contributed by atoms with Crippen LogP contribution in [0.5, 0.6) is 0 Å². The van der Waals surface area contributed by atoms with Gasteiger partial charge in [-0.1, -0.05) is 24.3 Å². The number of thiophene rings is 1. The number of hydrogen-bond donors (Lipinski definition) is 0. The van der Waals surface area contributed by atoms with Gasteiger partial charge >= 0.3 is 0 Å². The molecule has 1 heteroatoms. The van der Waals surface area contributed by atoms with Crippen LogP contribution in [0.2, 0.25) is 0 Å². The monoisotopic (exact) mass is 185 g/mol. The Morgan fingerprint density at radius 1 is 0.615 bits per heavy atom. The Morgan fingerprint density at radius 3 is 1.62 bits per heavy atom. The topological polar surface area (TPSA) is 0 Å². The van der Waals surface area contributed by atoms with Crippen LogP contribution in [0.4, 0.5) is 0 Å². The fourth-order valence-electron chi connectivity index (χ4n) is 1.73. The summed E-state index contributed by atoms with van der Waals surface area (Å²) in [6.07, 6.45) is 0. The van der Waals surface area contributed by atoms with E-state index in [1.165, 1.54) is 31.5 Å². The third kappa shape index (κ3) is 0.973. The molecule has 0 amide bonds. The molecule has 0 radical (unpaired) electrons. The maximum atomic E-state index is 2.21. The molecule has 0 fully saturated rings. The van der Waals surface area contributed by atoms with Gasteiger partial charge in [0.05, 0.1) is 0 Å². The molecule has 0 bridgehead atoms. The maximum absolute atomic E-state index is 2.21. The molecule has 3 aromatic rings. The van der Waals surface area contributed by atoms with Crippen LogP contribution < -0.4 is 0 Å². The Balaban J connectivity index is 2.64. The summed E-state index contributed by atoms with van der Waals surface area (Å²) < 4.78 is 2.87. The van der Waals surface area contributed by atoms with E-state index in [1.54, 1.807) is 0 Å². The molecular weight excluding hydrogens is 176 g/mol. The first-order valence-electron chi connectivity index (χ1n) is 4.35. The van der Waals surface area contributed by atoms with Crippen LogP contribution in [-0.4, -0.2) is 0 Å². The number of benzene rings is 2. The van der Waals surface area contributed by atoms with E-state index < -0.39 is 0 Å². The lowest BCUT2D eigenvalue weighted by Crippen LogP contribution is -1.62. The minimum absolute atomic E-state index is 1.36. The molecule has 0 spiro atoms. The van der Waals surface area contributed by atoms with Crippen molar-refractivity contribution in [1.82, 2.24) is 0 Å². The van der Waals surface area contributed by atoms with Crippen molar-refractivity contribution in [3.63, 3.8) is 0 Å². The third-order valence-corrected chi connectivity index (χ3v) is 3.60. The van der Waals surface area contributed by atoms with E-state index in [1.807, 2.05) is 0 Å². The van der Waals surface area contributed by atoms with Crippen LogP contribution >= 0.6 is 11.3 Å². The number of fused-ring (bicyclic) bond motifs is 3. The zero-order valence-corrected chi connectivity index (χ0v) is 7.96. The quantitative estimate of drug-likeness (QED) is 0.467.